The number of amides is 1. The van der Waals surface area contributed by atoms with Crippen molar-refractivity contribution in [1.29, 1.82) is 0 Å². The summed E-state index contributed by atoms with van der Waals surface area (Å²) in [5, 5.41) is 15.4. The number of carbonyl (C=O) groups excluding carboxylic acids is 1. The van der Waals surface area contributed by atoms with Crippen LogP contribution in [0.2, 0.25) is 5.02 Å². The van der Waals surface area contributed by atoms with E-state index in [4.69, 9.17) is 21.1 Å². The van der Waals surface area contributed by atoms with E-state index < -0.39 is 5.97 Å². The molecule has 0 bridgehead atoms. The number of aromatic carboxylic acids is 1. The van der Waals surface area contributed by atoms with Gasteiger partial charge in [0, 0.05) is 10.6 Å². The highest BCUT2D eigenvalue weighted by atomic mass is 35.5. The molecule has 0 saturated heterocycles. The van der Waals surface area contributed by atoms with Crippen LogP contribution in [0.15, 0.2) is 77.4 Å². The molecular weight excluding hydrogens is 456 g/mol. The number of hydrazone groups is 1. The first-order valence-electron chi connectivity index (χ1n) is 10.4. The van der Waals surface area contributed by atoms with Crippen LogP contribution in [0.25, 0.3) is 6.08 Å². The van der Waals surface area contributed by atoms with Gasteiger partial charge >= 0.3 is 5.97 Å². The molecule has 0 fully saturated rings. The molecule has 34 heavy (non-hydrogen) atoms. The lowest BCUT2D eigenvalue weighted by Crippen LogP contribution is -2.21. The van der Waals surface area contributed by atoms with Crippen LogP contribution in [0, 0.1) is 0 Å². The highest BCUT2D eigenvalue weighted by molar-refractivity contribution is 6.32. The third-order valence-electron chi connectivity index (χ3n) is 5.24. The summed E-state index contributed by atoms with van der Waals surface area (Å²) in [6.07, 6.45) is 1.71. The molecule has 1 N–H and O–H groups in total. The molecule has 7 nitrogen and oxygen atoms in total. The number of nitrogens with zero attached hydrogens (tertiary/aromatic N) is 2. The SMILES string of the molecule is COc1cc(/C=C2\C(=O)N(c3cccc(C(=O)O)c3)N=C2C)ccc1OCc1ccccc1Cl. The van der Waals surface area contributed by atoms with Gasteiger partial charge in [0.05, 0.1) is 29.6 Å². The third kappa shape index (κ3) is 4.79. The van der Waals surface area contributed by atoms with Gasteiger partial charge in [-0.05, 0) is 55.0 Å². The zero-order chi connectivity index (χ0) is 24.2. The summed E-state index contributed by atoms with van der Waals surface area (Å²) >= 11 is 6.20. The molecule has 1 heterocycles. The second-order valence-corrected chi connectivity index (χ2v) is 7.91. The summed E-state index contributed by atoms with van der Waals surface area (Å²) in [6.45, 7) is 2.01. The molecule has 0 spiro atoms. The summed E-state index contributed by atoms with van der Waals surface area (Å²) in [7, 11) is 1.54. The van der Waals surface area contributed by atoms with E-state index in [1.165, 1.54) is 17.1 Å². The minimum Gasteiger partial charge on any atom is -0.493 e. The first kappa shape index (κ1) is 23.1. The molecule has 0 aromatic heterocycles. The molecule has 1 aliphatic rings. The fourth-order valence-corrected chi connectivity index (χ4v) is 3.65. The Kier molecular flexibility index (Phi) is 6.65. The predicted octanol–water partition coefficient (Wildman–Crippen LogP) is 5.43. The maximum Gasteiger partial charge on any atom is 0.335 e. The molecule has 1 aliphatic heterocycles. The highest BCUT2D eigenvalue weighted by Gasteiger charge is 2.29. The van der Waals surface area contributed by atoms with Crippen LogP contribution in [0.1, 0.15) is 28.4 Å². The monoisotopic (exact) mass is 476 g/mol. The van der Waals surface area contributed by atoms with Gasteiger partial charge < -0.3 is 14.6 Å². The van der Waals surface area contributed by atoms with Crippen molar-refractivity contribution < 1.29 is 24.2 Å². The Balaban J connectivity index is 1.56. The van der Waals surface area contributed by atoms with Gasteiger partial charge in [0.15, 0.2) is 11.5 Å². The van der Waals surface area contributed by atoms with Crippen LogP contribution in [0.4, 0.5) is 5.69 Å². The predicted molar refractivity (Wildman–Crippen MR) is 131 cm³/mol. The molecule has 8 heteroatoms. The van der Waals surface area contributed by atoms with E-state index in [9.17, 15) is 14.7 Å². The fraction of sp³-hybridized carbons (Fsp3) is 0.115. The summed E-state index contributed by atoms with van der Waals surface area (Å²) in [6, 6.07) is 18.9. The lowest BCUT2D eigenvalue weighted by Gasteiger charge is -2.13. The van der Waals surface area contributed by atoms with Crippen molar-refractivity contribution in [1.82, 2.24) is 0 Å². The van der Waals surface area contributed by atoms with Crippen LogP contribution in [-0.2, 0) is 11.4 Å². The van der Waals surface area contributed by atoms with Gasteiger partial charge in [-0.1, -0.05) is 41.9 Å². The van der Waals surface area contributed by atoms with Gasteiger partial charge in [0.25, 0.3) is 5.91 Å². The maximum atomic E-state index is 13.0. The average molecular weight is 477 g/mol. The Morgan fingerprint density at radius 1 is 1.09 bits per heavy atom. The summed E-state index contributed by atoms with van der Waals surface area (Å²) in [4.78, 5) is 24.3. The fourth-order valence-electron chi connectivity index (χ4n) is 3.46. The zero-order valence-electron chi connectivity index (χ0n) is 18.5. The van der Waals surface area contributed by atoms with Gasteiger partial charge in [-0.25, -0.2) is 4.79 Å². The molecule has 0 unspecified atom stereocenters. The smallest absolute Gasteiger partial charge is 0.335 e. The van der Waals surface area contributed by atoms with Crippen molar-refractivity contribution in [2.75, 3.05) is 12.1 Å². The molecule has 172 valence electrons. The minimum atomic E-state index is -1.08. The molecule has 3 aromatic carbocycles. The Labute approximate surface area is 201 Å². The van der Waals surface area contributed by atoms with E-state index in [-0.39, 0.29) is 18.1 Å². The molecule has 1 amide bonds. The van der Waals surface area contributed by atoms with Crippen molar-refractivity contribution in [3.63, 3.8) is 0 Å². The Bertz CT molecular complexity index is 1330. The number of anilines is 1. The lowest BCUT2D eigenvalue weighted by molar-refractivity contribution is -0.114. The Hall–Kier alpha value is -4.10. The molecular formula is C26H21ClN2O5. The van der Waals surface area contributed by atoms with Gasteiger partial charge in [0.2, 0.25) is 0 Å². The van der Waals surface area contributed by atoms with E-state index in [2.05, 4.69) is 5.10 Å². The van der Waals surface area contributed by atoms with Crippen LogP contribution in [-0.4, -0.2) is 29.8 Å². The number of ether oxygens (including phenoxy) is 2. The highest BCUT2D eigenvalue weighted by Crippen LogP contribution is 2.32. The first-order valence-corrected chi connectivity index (χ1v) is 10.7. The molecule has 3 aromatic rings. The normalized spacial score (nSPS) is 14.3. The number of hydrogen-bond acceptors (Lipinski definition) is 5. The van der Waals surface area contributed by atoms with E-state index >= 15 is 0 Å². The molecule has 4 rings (SSSR count). The van der Waals surface area contributed by atoms with E-state index in [0.717, 1.165) is 11.1 Å². The summed E-state index contributed by atoms with van der Waals surface area (Å²) in [5.41, 5.74) is 2.95. The second-order valence-electron chi connectivity index (χ2n) is 7.51. The first-order chi connectivity index (χ1) is 16.4. The largest absolute Gasteiger partial charge is 0.493 e. The Morgan fingerprint density at radius 2 is 1.88 bits per heavy atom. The number of methoxy groups -OCH3 is 1. The standard InChI is InChI=1S/C26H21ClN2O5/c1-16-21(25(30)29(28-16)20-8-5-7-18(14-20)26(31)32)12-17-10-11-23(24(13-17)33-2)34-15-19-6-3-4-9-22(19)27/h3-14H,15H2,1-2H3,(H,31,32)/b21-12-. The number of carbonyl (C=O) groups is 2. The van der Waals surface area contributed by atoms with Crippen LogP contribution in [0.5, 0.6) is 11.5 Å². The van der Waals surface area contributed by atoms with Crippen LogP contribution < -0.4 is 14.5 Å². The lowest BCUT2D eigenvalue weighted by atomic mass is 10.1. The summed E-state index contributed by atoms with van der Waals surface area (Å²) in [5.74, 6) is -0.376. The number of benzene rings is 3. The quantitative estimate of drug-likeness (QED) is 0.459. The minimum absolute atomic E-state index is 0.0766. The Morgan fingerprint density at radius 3 is 2.62 bits per heavy atom. The van der Waals surface area contributed by atoms with Crippen LogP contribution >= 0.6 is 11.6 Å². The van der Waals surface area contributed by atoms with Crippen LogP contribution in [0.3, 0.4) is 0 Å². The van der Waals surface area contributed by atoms with Gasteiger partial charge in [0.1, 0.15) is 6.61 Å². The number of hydrogen-bond donors (Lipinski definition) is 1. The van der Waals surface area contributed by atoms with Gasteiger partial charge in [-0.15, -0.1) is 0 Å². The van der Waals surface area contributed by atoms with Crippen molar-refractivity contribution in [3.8, 4) is 11.5 Å². The topological polar surface area (TPSA) is 88.4 Å². The zero-order valence-corrected chi connectivity index (χ0v) is 19.2. The summed E-state index contributed by atoms with van der Waals surface area (Å²) < 4.78 is 11.4. The average Bonchev–Trinajstić information content (AvgIpc) is 3.12. The molecule has 0 saturated carbocycles. The van der Waals surface area contributed by atoms with Crippen molar-refractivity contribution in [3.05, 3.63) is 94.0 Å². The third-order valence-corrected chi connectivity index (χ3v) is 5.61. The van der Waals surface area contributed by atoms with E-state index in [0.29, 0.717) is 33.5 Å². The number of rotatable bonds is 7. The van der Waals surface area contributed by atoms with Gasteiger partial charge in [-0.2, -0.15) is 10.1 Å². The van der Waals surface area contributed by atoms with E-state index in [1.807, 2.05) is 24.3 Å². The molecule has 0 aliphatic carbocycles. The van der Waals surface area contributed by atoms with Crippen molar-refractivity contribution in [2.24, 2.45) is 5.10 Å². The van der Waals surface area contributed by atoms with Gasteiger partial charge in [-0.3, -0.25) is 4.79 Å². The number of carboxylic acids is 1. The number of halogens is 1. The van der Waals surface area contributed by atoms with Crippen molar-refractivity contribution >= 4 is 41.0 Å². The van der Waals surface area contributed by atoms with Crippen molar-refractivity contribution in [2.45, 2.75) is 13.5 Å². The molecule has 0 radical (unpaired) electrons. The maximum absolute atomic E-state index is 13.0. The molecule has 0 atom stereocenters. The number of carboxylic acid groups (broad SMARTS) is 1. The van der Waals surface area contributed by atoms with E-state index in [1.54, 1.807) is 50.4 Å². The second kappa shape index (κ2) is 9.80.